The Balaban J connectivity index is 1.77. The lowest BCUT2D eigenvalue weighted by atomic mass is 9.98. The molecule has 0 saturated carbocycles. The van der Waals surface area contributed by atoms with E-state index in [1.54, 1.807) is 51.0 Å². The summed E-state index contributed by atoms with van der Waals surface area (Å²) in [5.41, 5.74) is -3.17. The highest BCUT2D eigenvalue weighted by Gasteiger charge is 2.56. The molecule has 3 rings (SSSR count). The fourth-order valence-corrected chi connectivity index (χ4v) is 5.69. The summed E-state index contributed by atoms with van der Waals surface area (Å²) >= 11 is 0. The van der Waals surface area contributed by atoms with E-state index >= 15 is 4.39 Å². The van der Waals surface area contributed by atoms with Crippen molar-refractivity contribution in [2.45, 2.75) is 70.4 Å². The molecule has 15 heteroatoms. The molecule has 13 nitrogen and oxygen atoms in total. The van der Waals surface area contributed by atoms with Crippen LogP contribution in [0.4, 0.5) is 4.39 Å². The first kappa shape index (κ1) is 33.5. The molecule has 6 atom stereocenters. The molecular formula is C27H38FN4O9P. The standard InChI is InChI=1S/C27H38FN4O9P/c1-17(2)39-24(35)18(3)30-42(37,41-21-10-8-7-9-11-21)38-16-22-23(34)27(4,28)25(40-22)32-13-12-19(29-26(32)36)14-20(33)15-31(5)6/h7-13,17-18,22-23,25,34H,14-16H2,1-6H3,(H,30,37)/t18-,22+,23+,25+,27+,42?/m0/s1. The number of ether oxygens (including phenoxy) is 2. The largest absolute Gasteiger partial charge is 0.462 e. The van der Waals surface area contributed by atoms with Crippen molar-refractivity contribution >= 4 is 19.5 Å². The van der Waals surface area contributed by atoms with E-state index in [0.29, 0.717) is 0 Å². The summed E-state index contributed by atoms with van der Waals surface area (Å²) in [4.78, 5) is 42.8. The predicted octanol–water partition coefficient (Wildman–Crippen LogP) is 2.04. The van der Waals surface area contributed by atoms with Crippen LogP contribution in [-0.4, -0.2) is 88.6 Å². The summed E-state index contributed by atoms with van der Waals surface area (Å²) in [5, 5.41) is 13.3. The Morgan fingerprint density at radius 3 is 2.50 bits per heavy atom. The van der Waals surface area contributed by atoms with Crippen LogP contribution in [0, 0.1) is 0 Å². The molecule has 1 aliphatic heterocycles. The lowest BCUT2D eigenvalue weighted by Crippen LogP contribution is -2.43. The number of halogens is 1. The third kappa shape index (κ3) is 8.76. The first-order chi connectivity index (χ1) is 19.6. The van der Waals surface area contributed by atoms with Gasteiger partial charge in [0.2, 0.25) is 0 Å². The monoisotopic (exact) mass is 612 g/mol. The van der Waals surface area contributed by atoms with Crippen LogP contribution in [0.15, 0.2) is 47.4 Å². The number of alkyl halides is 1. The maximum atomic E-state index is 15.8. The fraction of sp³-hybridized carbons (Fsp3) is 0.556. The highest BCUT2D eigenvalue weighted by atomic mass is 31.2. The number of carbonyl (C=O) groups excluding carboxylic acids is 2. The molecule has 0 amide bonds. The van der Waals surface area contributed by atoms with Crippen LogP contribution < -0.4 is 15.3 Å². The minimum Gasteiger partial charge on any atom is -0.462 e. The second-order valence-electron chi connectivity index (χ2n) is 10.7. The summed E-state index contributed by atoms with van der Waals surface area (Å²) in [5.74, 6) is -0.717. The van der Waals surface area contributed by atoms with Crippen LogP contribution in [0.2, 0.25) is 0 Å². The SMILES string of the molecule is CC(C)OC(=O)[C@H](C)NP(=O)(OC[C@H]1O[C@@H](n2ccc(CC(=O)CN(C)C)nc2=O)[C@](C)(F)[C@@H]1O)Oc1ccccc1. The van der Waals surface area contributed by atoms with Gasteiger partial charge >= 0.3 is 19.4 Å². The van der Waals surface area contributed by atoms with Crippen LogP contribution in [0.5, 0.6) is 5.75 Å². The van der Waals surface area contributed by atoms with Gasteiger partial charge in [-0.05, 0) is 60.0 Å². The zero-order chi connectivity index (χ0) is 31.2. The van der Waals surface area contributed by atoms with E-state index in [0.717, 1.165) is 11.5 Å². The Labute approximate surface area is 243 Å². The highest BCUT2D eigenvalue weighted by molar-refractivity contribution is 7.52. The third-order valence-electron chi connectivity index (χ3n) is 6.16. The van der Waals surface area contributed by atoms with Gasteiger partial charge in [-0.25, -0.2) is 13.8 Å². The fourth-order valence-electron chi connectivity index (χ4n) is 4.19. The van der Waals surface area contributed by atoms with Crippen molar-refractivity contribution in [1.29, 1.82) is 0 Å². The second kappa shape index (κ2) is 14.0. The van der Waals surface area contributed by atoms with Gasteiger partial charge in [0.1, 0.15) is 24.0 Å². The summed E-state index contributed by atoms with van der Waals surface area (Å²) in [7, 11) is -0.859. The van der Waals surface area contributed by atoms with Gasteiger partial charge in [-0.3, -0.25) is 18.7 Å². The second-order valence-corrected chi connectivity index (χ2v) is 12.4. The minimum atomic E-state index is -4.33. The number of likely N-dealkylation sites (N-methyl/N-ethyl adjacent to an activating group) is 1. The van der Waals surface area contributed by atoms with Crippen LogP contribution in [0.25, 0.3) is 0 Å². The van der Waals surface area contributed by atoms with Gasteiger partial charge in [-0.2, -0.15) is 10.1 Å². The molecule has 0 spiro atoms. The number of aliphatic hydroxyl groups excluding tert-OH is 1. The molecule has 2 heterocycles. The number of esters is 1. The van der Waals surface area contributed by atoms with Crippen molar-refractivity contribution in [2.24, 2.45) is 0 Å². The number of aromatic nitrogens is 2. The smallest absolute Gasteiger partial charge is 0.459 e. The molecular weight excluding hydrogens is 574 g/mol. The first-order valence-corrected chi connectivity index (χ1v) is 14.9. The van der Waals surface area contributed by atoms with Gasteiger partial charge in [0.15, 0.2) is 17.7 Å². The Kier molecular flexibility index (Phi) is 11.2. The summed E-state index contributed by atoms with van der Waals surface area (Å²) in [6, 6.07) is 8.29. The van der Waals surface area contributed by atoms with Crippen LogP contribution in [0.3, 0.4) is 0 Å². The Morgan fingerprint density at radius 1 is 1.24 bits per heavy atom. The van der Waals surface area contributed by atoms with Crippen molar-refractivity contribution in [2.75, 3.05) is 27.2 Å². The van der Waals surface area contributed by atoms with E-state index in [1.165, 1.54) is 31.3 Å². The van der Waals surface area contributed by atoms with E-state index in [-0.39, 0.29) is 30.2 Å². The average Bonchev–Trinajstić information content (AvgIpc) is 3.10. The first-order valence-electron chi connectivity index (χ1n) is 13.4. The van der Waals surface area contributed by atoms with Crippen LogP contribution in [0.1, 0.15) is 39.6 Å². The average molecular weight is 613 g/mol. The molecule has 2 N–H and O–H groups in total. The Bertz CT molecular complexity index is 1340. The number of aliphatic hydroxyl groups is 1. The van der Waals surface area contributed by atoms with E-state index in [2.05, 4.69) is 10.1 Å². The molecule has 1 fully saturated rings. The molecule has 1 aromatic carbocycles. The van der Waals surface area contributed by atoms with Crippen LogP contribution >= 0.6 is 7.75 Å². The summed E-state index contributed by atoms with van der Waals surface area (Å²) < 4.78 is 52.3. The lowest BCUT2D eigenvalue weighted by molar-refractivity contribution is -0.149. The van der Waals surface area contributed by atoms with E-state index < -0.39 is 62.3 Å². The number of para-hydroxylation sites is 1. The third-order valence-corrected chi connectivity index (χ3v) is 7.81. The van der Waals surface area contributed by atoms with Gasteiger partial charge in [-0.15, -0.1) is 0 Å². The number of nitrogens with one attached hydrogen (secondary N) is 1. The van der Waals surface area contributed by atoms with Gasteiger partial charge in [-0.1, -0.05) is 18.2 Å². The minimum absolute atomic E-state index is 0.0847. The molecule has 0 bridgehead atoms. The highest BCUT2D eigenvalue weighted by Crippen LogP contribution is 2.47. The van der Waals surface area contributed by atoms with Crippen molar-refractivity contribution in [3.8, 4) is 5.75 Å². The molecule has 1 saturated heterocycles. The zero-order valence-corrected chi connectivity index (χ0v) is 25.3. The lowest BCUT2D eigenvalue weighted by Gasteiger charge is -2.25. The molecule has 42 heavy (non-hydrogen) atoms. The van der Waals surface area contributed by atoms with Gasteiger partial charge in [0.05, 0.1) is 31.4 Å². The Morgan fingerprint density at radius 2 is 1.90 bits per heavy atom. The Hall–Kier alpha value is -3.00. The molecule has 232 valence electrons. The van der Waals surface area contributed by atoms with Crippen molar-refractivity contribution < 1.29 is 42.2 Å². The van der Waals surface area contributed by atoms with E-state index in [1.807, 2.05) is 0 Å². The quantitative estimate of drug-likeness (QED) is 0.237. The predicted molar refractivity (Wildman–Crippen MR) is 150 cm³/mol. The van der Waals surface area contributed by atoms with E-state index in [4.69, 9.17) is 18.5 Å². The normalized spacial score (nSPS) is 24.4. The molecule has 0 radical (unpaired) electrons. The number of hydrogen-bond donors (Lipinski definition) is 2. The molecule has 1 aromatic heterocycles. The number of benzene rings is 1. The molecule has 1 unspecified atom stereocenters. The van der Waals surface area contributed by atoms with Crippen LogP contribution in [-0.2, 0) is 34.6 Å². The number of hydrogen-bond acceptors (Lipinski definition) is 11. The molecule has 1 aliphatic rings. The number of carbonyl (C=O) groups is 2. The number of Topliss-reactive ketones (excluding diaryl/α,β-unsaturated/α-hetero) is 1. The van der Waals surface area contributed by atoms with Gasteiger partial charge < -0.3 is 24.0 Å². The number of rotatable bonds is 14. The zero-order valence-electron chi connectivity index (χ0n) is 24.4. The van der Waals surface area contributed by atoms with Gasteiger partial charge in [0.25, 0.3) is 0 Å². The maximum Gasteiger partial charge on any atom is 0.459 e. The molecule has 0 aliphatic carbocycles. The van der Waals surface area contributed by atoms with Gasteiger partial charge in [0, 0.05) is 6.20 Å². The van der Waals surface area contributed by atoms with Crippen molar-refractivity contribution in [1.82, 2.24) is 19.5 Å². The van der Waals surface area contributed by atoms with Crippen molar-refractivity contribution in [3.05, 3.63) is 58.8 Å². The maximum absolute atomic E-state index is 15.8. The number of nitrogens with zero attached hydrogens (tertiary/aromatic N) is 3. The van der Waals surface area contributed by atoms with Crippen molar-refractivity contribution in [3.63, 3.8) is 0 Å². The summed E-state index contributed by atoms with van der Waals surface area (Å²) in [6.07, 6.45) is -4.11. The topological polar surface area (TPSA) is 159 Å². The summed E-state index contributed by atoms with van der Waals surface area (Å²) in [6.45, 7) is 5.29. The van der Waals surface area contributed by atoms with E-state index in [9.17, 15) is 24.1 Å². The number of ketones is 1. The molecule has 2 aromatic rings.